The Hall–Kier alpha value is -2.45. The first-order valence-electron chi connectivity index (χ1n) is 9.45. The number of likely N-dealkylation sites (tertiary alicyclic amines) is 1. The normalized spacial score (nSPS) is 25.5. The highest BCUT2D eigenvalue weighted by atomic mass is 16.2. The van der Waals surface area contributed by atoms with Crippen LogP contribution >= 0.6 is 0 Å². The van der Waals surface area contributed by atoms with E-state index in [1.165, 1.54) is 0 Å². The molecule has 0 saturated carbocycles. The molecular weight excluding hydrogens is 324 g/mol. The summed E-state index contributed by atoms with van der Waals surface area (Å²) in [5.74, 6) is 0.932. The average Bonchev–Trinajstić information content (AvgIpc) is 2.63. The van der Waals surface area contributed by atoms with Crippen molar-refractivity contribution in [2.24, 2.45) is 5.92 Å². The molecule has 134 valence electrons. The molecule has 0 spiro atoms. The highest BCUT2D eigenvalue weighted by Gasteiger charge is 2.31. The number of nitrogens with zero attached hydrogens (tertiary/aromatic N) is 3. The van der Waals surface area contributed by atoms with Gasteiger partial charge in [-0.05, 0) is 37.4 Å². The van der Waals surface area contributed by atoms with Crippen molar-refractivity contribution in [3.05, 3.63) is 41.6 Å². The van der Waals surface area contributed by atoms with E-state index in [1.54, 1.807) is 0 Å². The Bertz CT molecular complexity index is 868. The summed E-state index contributed by atoms with van der Waals surface area (Å²) in [5, 5.41) is 13.7. The number of amides is 1. The third-order valence-electron chi connectivity index (χ3n) is 5.64. The van der Waals surface area contributed by atoms with E-state index in [1.807, 2.05) is 29.2 Å². The Morgan fingerprint density at radius 3 is 2.92 bits per heavy atom. The summed E-state index contributed by atoms with van der Waals surface area (Å²) >= 11 is 0. The minimum absolute atomic E-state index is 0.230. The van der Waals surface area contributed by atoms with Gasteiger partial charge in [-0.15, -0.1) is 0 Å². The summed E-state index contributed by atoms with van der Waals surface area (Å²) in [6, 6.07) is 12.4. The molecule has 2 fully saturated rings. The topological polar surface area (TPSA) is 69.0 Å². The molecule has 3 atom stereocenters. The molecule has 2 aliphatic heterocycles. The van der Waals surface area contributed by atoms with Crippen molar-refractivity contribution in [1.82, 2.24) is 15.2 Å². The number of carbonyl (C=O) groups is 1. The number of benzene rings is 1. The van der Waals surface area contributed by atoms with Gasteiger partial charge < -0.3 is 10.2 Å². The molecule has 1 unspecified atom stereocenters. The Balaban J connectivity index is 1.57. The van der Waals surface area contributed by atoms with Crippen molar-refractivity contribution in [2.75, 3.05) is 19.6 Å². The highest BCUT2D eigenvalue weighted by molar-refractivity contribution is 5.84. The number of hydrogen-bond acceptors (Lipinski definition) is 4. The van der Waals surface area contributed by atoms with Gasteiger partial charge in [0.05, 0.1) is 11.1 Å². The molecule has 5 nitrogen and oxygen atoms in total. The van der Waals surface area contributed by atoms with Crippen molar-refractivity contribution in [3.8, 4) is 6.07 Å². The van der Waals surface area contributed by atoms with Gasteiger partial charge in [0, 0.05) is 42.6 Å². The van der Waals surface area contributed by atoms with Crippen LogP contribution in [0, 0.1) is 17.2 Å². The zero-order valence-corrected chi connectivity index (χ0v) is 15.1. The third kappa shape index (κ3) is 3.30. The molecule has 1 aromatic carbocycles. The van der Waals surface area contributed by atoms with Crippen LogP contribution in [0.25, 0.3) is 10.9 Å². The van der Waals surface area contributed by atoms with Gasteiger partial charge >= 0.3 is 0 Å². The van der Waals surface area contributed by atoms with E-state index in [4.69, 9.17) is 4.98 Å². The number of hydrogen-bond donors (Lipinski definition) is 1. The fourth-order valence-electron chi connectivity index (χ4n) is 4.11. The van der Waals surface area contributed by atoms with Crippen molar-refractivity contribution in [1.29, 1.82) is 5.26 Å². The maximum absolute atomic E-state index is 12.7. The second-order valence-corrected chi connectivity index (χ2v) is 7.71. The van der Waals surface area contributed by atoms with Crippen molar-refractivity contribution in [3.63, 3.8) is 0 Å². The van der Waals surface area contributed by atoms with Crippen LogP contribution in [0.3, 0.4) is 0 Å². The van der Waals surface area contributed by atoms with E-state index in [2.05, 4.69) is 24.4 Å². The van der Waals surface area contributed by atoms with Crippen LogP contribution in [-0.2, 0) is 4.79 Å². The quantitative estimate of drug-likeness (QED) is 0.926. The molecule has 1 N–H and O–H groups in total. The first kappa shape index (κ1) is 17.0. The van der Waals surface area contributed by atoms with E-state index in [0.717, 1.165) is 49.1 Å². The Kier molecular flexibility index (Phi) is 4.60. The van der Waals surface area contributed by atoms with Crippen LogP contribution in [0.4, 0.5) is 0 Å². The lowest BCUT2D eigenvalue weighted by atomic mass is 9.87. The number of aromatic nitrogens is 1. The summed E-state index contributed by atoms with van der Waals surface area (Å²) in [7, 11) is 0. The molecule has 5 heteroatoms. The van der Waals surface area contributed by atoms with Gasteiger partial charge in [-0.25, -0.2) is 0 Å². The van der Waals surface area contributed by atoms with Crippen molar-refractivity contribution in [2.45, 2.75) is 38.1 Å². The second-order valence-electron chi connectivity index (χ2n) is 7.71. The fraction of sp³-hybridized carbons (Fsp3) is 0.476. The molecule has 2 saturated heterocycles. The zero-order valence-electron chi connectivity index (χ0n) is 15.1. The van der Waals surface area contributed by atoms with E-state index in [-0.39, 0.29) is 11.8 Å². The maximum Gasteiger partial charge on any atom is 0.224 e. The minimum atomic E-state index is 0.230. The Labute approximate surface area is 154 Å². The van der Waals surface area contributed by atoms with Crippen LogP contribution in [0.2, 0.25) is 0 Å². The summed E-state index contributed by atoms with van der Waals surface area (Å²) in [4.78, 5) is 19.5. The van der Waals surface area contributed by atoms with E-state index in [9.17, 15) is 10.1 Å². The van der Waals surface area contributed by atoms with E-state index < -0.39 is 0 Å². The van der Waals surface area contributed by atoms with Gasteiger partial charge in [0.25, 0.3) is 0 Å². The van der Waals surface area contributed by atoms with Crippen LogP contribution in [0.5, 0.6) is 0 Å². The molecule has 26 heavy (non-hydrogen) atoms. The lowest BCUT2D eigenvalue weighted by Crippen LogP contribution is -2.49. The maximum atomic E-state index is 12.7. The fourth-order valence-corrected chi connectivity index (χ4v) is 4.11. The van der Waals surface area contributed by atoms with E-state index in [0.29, 0.717) is 23.9 Å². The number of nitriles is 1. The van der Waals surface area contributed by atoms with Crippen LogP contribution < -0.4 is 5.32 Å². The van der Waals surface area contributed by atoms with Gasteiger partial charge in [0.1, 0.15) is 6.07 Å². The number of pyridine rings is 1. The molecule has 0 aliphatic carbocycles. The molecule has 2 aromatic rings. The molecule has 3 heterocycles. The van der Waals surface area contributed by atoms with Crippen molar-refractivity contribution < 1.29 is 4.79 Å². The monoisotopic (exact) mass is 348 g/mol. The van der Waals surface area contributed by atoms with Crippen LogP contribution in [0.1, 0.15) is 43.4 Å². The molecule has 4 rings (SSSR count). The molecule has 1 amide bonds. The number of rotatable bonds is 3. The molecule has 0 bridgehead atoms. The first-order chi connectivity index (χ1) is 12.6. The number of para-hydroxylation sites is 1. The van der Waals surface area contributed by atoms with Gasteiger partial charge in [-0.1, -0.05) is 25.1 Å². The number of piperidine rings is 1. The smallest absolute Gasteiger partial charge is 0.224 e. The van der Waals surface area contributed by atoms with Crippen LogP contribution in [-0.4, -0.2) is 41.5 Å². The second kappa shape index (κ2) is 7.05. The minimum Gasteiger partial charge on any atom is -0.342 e. The predicted octanol–water partition coefficient (Wildman–Crippen LogP) is 2.81. The first-order valence-corrected chi connectivity index (χ1v) is 9.45. The highest BCUT2D eigenvalue weighted by Crippen LogP contribution is 2.31. The summed E-state index contributed by atoms with van der Waals surface area (Å²) in [6.45, 7) is 4.79. The van der Waals surface area contributed by atoms with E-state index >= 15 is 0 Å². The number of fused-ring (bicyclic) bond motifs is 1. The molecular formula is C21H24N4O. The largest absolute Gasteiger partial charge is 0.342 e. The Morgan fingerprint density at radius 2 is 2.19 bits per heavy atom. The third-order valence-corrected chi connectivity index (χ3v) is 5.64. The zero-order chi connectivity index (χ0) is 18.1. The molecule has 1 aromatic heterocycles. The van der Waals surface area contributed by atoms with Gasteiger partial charge in [0.15, 0.2) is 0 Å². The number of nitrogens with one attached hydrogen (secondary N) is 1. The number of carbonyl (C=O) groups excluding carboxylic acids is 1. The van der Waals surface area contributed by atoms with Crippen LogP contribution in [0.15, 0.2) is 30.3 Å². The van der Waals surface area contributed by atoms with Gasteiger partial charge in [-0.3, -0.25) is 9.78 Å². The Morgan fingerprint density at radius 1 is 1.35 bits per heavy atom. The van der Waals surface area contributed by atoms with Gasteiger partial charge in [-0.2, -0.15) is 5.26 Å². The predicted molar refractivity (Wildman–Crippen MR) is 101 cm³/mol. The average molecular weight is 348 g/mol. The lowest BCUT2D eigenvalue weighted by Gasteiger charge is -2.38. The lowest BCUT2D eigenvalue weighted by molar-refractivity contribution is -0.134. The molecule has 2 aliphatic rings. The van der Waals surface area contributed by atoms with Gasteiger partial charge in [0.2, 0.25) is 5.91 Å². The molecule has 0 radical (unpaired) electrons. The van der Waals surface area contributed by atoms with Crippen molar-refractivity contribution >= 4 is 16.8 Å². The standard InChI is InChI=1S/C21H24N4O/c1-14-9-17(13-25(12-14)20(26)10-18-7-8-23-18)19-6-5-15-3-2-4-16(11-22)21(15)24-19/h2-6,14,17-18,23H,7-10,12-13H2,1H3/t14-,17+,18?/m0/s1. The summed E-state index contributed by atoms with van der Waals surface area (Å²) < 4.78 is 0. The summed E-state index contributed by atoms with van der Waals surface area (Å²) in [6.07, 6.45) is 2.73. The SMILES string of the molecule is C[C@H]1C[C@@H](c2ccc3cccc(C#N)c3n2)CN(C(=O)CC2CCN2)C1. The summed E-state index contributed by atoms with van der Waals surface area (Å²) in [5.41, 5.74) is 2.37.